The third-order valence-electron chi connectivity index (χ3n) is 6.30. The summed E-state index contributed by atoms with van der Waals surface area (Å²) < 4.78 is 5.22. The van der Waals surface area contributed by atoms with Gasteiger partial charge in [0.2, 0.25) is 17.7 Å². The van der Waals surface area contributed by atoms with E-state index >= 15 is 0 Å². The van der Waals surface area contributed by atoms with Crippen molar-refractivity contribution >= 4 is 35.8 Å². The Kier molecular flexibility index (Phi) is 15.4. The van der Waals surface area contributed by atoms with Gasteiger partial charge in [0.25, 0.3) is 0 Å². The van der Waals surface area contributed by atoms with Crippen molar-refractivity contribution in [2.75, 3.05) is 13.1 Å². The Labute approximate surface area is 253 Å². The zero-order chi connectivity index (χ0) is 32.3. The Morgan fingerprint density at radius 2 is 1.61 bits per heavy atom. The number of carboxylic acids is 2. The summed E-state index contributed by atoms with van der Waals surface area (Å²) >= 11 is 0. The highest BCUT2D eigenvalue weighted by Gasteiger charge is 2.24. The number of hydrogen-bond acceptors (Lipinski definition) is 9. The smallest absolute Gasteiger partial charge is 0.408 e. The molecule has 0 aliphatic heterocycles. The van der Waals surface area contributed by atoms with E-state index < -0.39 is 53.9 Å². The van der Waals surface area contributed by atoms with Gasteiger partial charge in [0.15, 0.2) is 0 Å². The van der Waals surface area contributed by atoms with Crippen molar-refractivity contribution in [2.24, 2.45) is 5.73 Å². The van der Waals surface area contributed by atoms with Gasteiger partial charge < -0.3 is 46.9 Å². The predicted molar refractivity (Wildman–Crippen MR) is 155 cm³/mol. The van der Waals surface area contributed by atoms with E-state index in [0.717, 1.165) is 5.56 Å². The summed E-state index contributed by atoms with van der Waals surface area (Å²) in [4.78, 5) is 78.1. The third kappa shape index (κ3) is 14.3. The summed E-state index contributed by atoms with van der Waals surface area (Å²) in [6.45, 7) is 0.303. The normalized spacial score (nSPS) is 12.7. The minimum absolute atomic E-state index is 0.00163. The Bertz CT molecular complexity index is 1230. The second-order valence-electron chi connectivity index (χ2n) is 9.86. The molecule has 0 saturated carbocycles. The van der Waals surface area contributed by atoms with Crippen molar-refractivity contribution < 1.29 is 43.7 Å². The topological polar surface area (TPSA) is 255 Å². The number of benzene rings is 1. The number of rotatable bonds is 20. The summed E-state index contributed by atoms with van der Waals surface area (Å²) in [5.41, 5.74) is 7.33. The van der Waals surface area contributed by atoms with Crippen LogP contribution in [0.2, 0.25) is 0 Å². The Hall–Kier alpha value is -4.99. The van der Waals surface area contributed by atoms with Crippen molar-refractivity contribution in [3.8, 4) is 0 Å². The number of ether oxygens (including phenoxy) is 1. The fraction of sp³-hybridized carbons (Fsp3) is 0.464. The highest BCUT2D eigenvalue weighted by Crippen LogP contribution is 2.04. The van der Waals surface area contributed by atoms with Gasteiger partial charge in [0, 0.05) is 44.2 Å². The van der Waals surface area contributed by atoms with E-state index in [9.17, 15) is 28.8 Å². The Morgan fingerprint density at radius 3 is 2.27 bits per heavy atom. The first-order valence-corrected chi connectivity index (χ1v) is 14.0. The molecule has 2 rings (SSSR count). The van der Waals surface area contributed by atoms with Gasteiger partial charge in [-0.25, -0.2) is 14.6 Å². The molecule has 0 saturated heterocycles. The van der Waals surface area contributed by atoms with Gasteiger partial charge >= 0.3 is 18.0 Å². The van der Waals surface area contributed by atoms with Crippen LogP contribution in [0.4, 0.5) is 4.79 Å². The molecule has 1 aromatic carbocycles. The largest absolute Gasteiger partial charge is 0.481 e. The Morgan fingerprint density at radius 1 is 0.886 bits per heavy atom. The van der Waals surface area contributed by atoms with Gasteiger partial charge in [-0.05, 0) is 31.2 Å². The van der Waals surface area contributed by atoms with Gasteiger partial charge in [0.05, 0.1) is 12.4 Å². The molecule has 16 heteroatoms. The number of nitrogens with zero attached hydrogens (tertiary/aromatic N) is 1. The van der Waals surface area contributed by atoms with E-state index in [1.54, 1.807) is 12.1 Å². The monoisotopic (exact) mass is 617 g/mol. The molecule has 1 aromatic heterocycles. The Balaban J connectivity index is 1.69. The molecule has 0 spiro atoms. The van der Waals surface area contributed by atoms with Crippen LogP contribution in [0, 0.1) is 0 Å². The number of amides is 4. The quantitative estimate of drug-likeness (QED) is 0.0903. The second-order valence-corrected chi connectivity index (χ2v) is 9.86. The number of carbonyl (C=O) groups excluding carboxylic acids is 4. The molecule has 0 bridgehead atoms. The first-order valence-electron chi connectivity index (χ1n) is 14.0. The lowest BCUT2D eigenvalue weighted by Crippen LogP contribution is -2.49. The standard InChI is InChI=1S/C28H39N7O9/c29-20(25(39)31-12-5-4-8-23(36)34-21(27(41)42)9-10-24(37)38)11-13-32-26(40)22(14-19-15-30-17-33-19)35-28(43)44-16-18-6-2-1-3-7-18/h1-3,6-7,15,17,20-22H,4-5,8-14,16,29H2,(H,30,33)(H,31,39)(H,32,40)(H,34,36)(H,35,43)(H,37,38)(H,41,42)/t20-,21-,22-/m0/s1. The lowest BCUT2D eigenvalue weighted by atomic mass is 10.1. The number of nitrogens with two attached hydrogens (primary N) is 1. The van der Waals surface area contributed by atoms with Crippen molar-refractivity contribution in [1.29, 1.82) is 0 Å². The number of nitrogens with one attached hydrogen (secondary N) is 5. The molecule has 2 aromatic rings. The molecule has 16 nitrogen and oxygen atoms in total. The molecule has 3 atom stereocenters. The number of carbonyl (C=O) groups is 6. The van der Waals surface area contributed by atoms with Crippen LogP contribution in [0.3, 0.4) is 0 Å². The number of aromatic nitrogens is 2. The summed E-state index contributed by atoms with van der Waals surface area (Å²) in [6, 6.07) is 5.86. The minimum Gasteiger partial charge on any atom is -0.481 e. The van der Waals surface area contributed by atoms with E-state index in [1.807, 2.05) is 18.2 Å². The molecular formula is C28H39N7O9. The molecular weight excluding hydrogens is 578 g/mol. The third-order valence-corrected chi connectivity index (χ3v) is 6.30. The maximum Gasteiger partial charge on any atom is 0.408 e. The number of carboxylic acid groups (broad SMARTS) is 2. The van der Waals surface area contributed by atoms with Crippen LogP contribution in [0.1, 0.15) is 49.8 Å². The summed E-state index contributed by atoms with van der Waals surface area (Å²) in [5.74, 6) is -3.98. The van der Waals surface area contributed by atoms with Crippen LogP contribution in [0.25, 0.3) is 0 Å². The zero-order valence-electron chi connectivity index (χ0n) is 24.1. The minimum atomic E-state index is -1.32. The van der Waals surface area contributed by atoms with Crippen LogP contribution in [0.5, 0.6) is 0 Å². The van der Waals surface area contributed by atoms with E-state index in [4.69, 9.17) is 20.7 Å². The molecule has 0 aliphatic carbocycles. The molecule has 240 valence electrons. The van der Waals surface area contributed by atoms with Gasteiger partial charge in [-0.2, -0.15) is 0 Å². The number of unbranched alkanes of at least 4 members (excludes halogenated alkanes) is 1. The molecule has 0 aliphatic rings. The van der Waals surface area contributed by atoms with Crippen molar-refractivity contribution in [3.05, 3.63) is 54.1 Å². The second kappa shape index (κ2) is 19.2. The van der Waals surface area contributed by atoms with Crippen LogP contribution >= 0.6 is 0 Å². The average Bonchev–Trinajstić information content (AvgIpc) is 3.51. The molecule has 44 heavy (non-hydrogen) atoms. The zero-order valence-corrected chi connectivity index (χ0v) is 24.1. The first-order chi connectivity index (χ1) is 21.0. The summed E-state index contributed by atoms with van der Waals surface area (Å²) in [6.07, 6.45) is 2.58. The van der Waals surface area contributed by atoms with Crippen LogP contribution in [-0.2, 0) is 41.7 Å². The number of aromatic amines is 1. The molecule has 4 amide bonds. The van der Waals surface area contributed by atoms with Gasteiger partial charge in [0.1, 0.15) is 18.7 Å². The van der Waals surface area contributed by atoms with Crippen LogP contribution in [0.15, 0.2) is 42.9 Å². The van der Waals surface area contributed by atoms with Crippen LogP contribution < -0.4 is 27.0 Å². The lowest BCUT2D eigenvalue weighted by molar-refractivity contribution is -0.143. The van der Waals surface area contributed by atoms with E-state index in [-0.39, 0.29) is 51.8 Å². The fourth-order valence-electron chi connectivity index (χ4n) is 3.88. The van der Waals surface area contributed by atoms with Crippen molar-refractivity contribution in [1.82, 2.24) is 31.2 Å². The van der Waals surface area contributed by atoms with Crippen molar-refractivity contribution in [3.63, 3.8) is 0 Å². The van der Waals surface area contributed by atoms with E-state index in [2.05, 4.69) is 31.2 Å². The molecule has 0 radical (unpaired) electrons. The summed E-state index contributed by atoms with van der Waals surface area (Å²) in [7, 11) is 0. The lowest BCUT2D eigenvalue weighted by Gasteiger charge is -2.19. The van der Waals surface area contributed by atoms with Gasteiger partial charge in [-0.1, -0.05) is 30.3 Å². The van der Waals surface area contributed by atoms with Crippen molar-refractivity contribution in [2.45, 2.75) is 69.7 Å². The molecule has 9 N–H and O–H groups in total. The van der Waals surface area contributed by atoms with Gasteiger partial charge in [-0.3, -0.25) is 19.2 Å². The van der Waals surface area contributed by atoms with Gasteiger partial charge in [-0.15, -0.1) is 0 Å². The number of imidazole rings is 1. The fourth-order valence-corrected chi connectivity index (χ4v) is 3.88. The highest BCUT2D eigenvalue weighted by atomic mass is 16.5. The van der Waals surface area contributed by atoms with E-state index in [1.165, 1.54) is 12.5 Å². The number of alkyl carbamates (subject to hydrolysis) is 1. The molecule has 0 fully saturated rings. The number of aliphatic carboxylic acids is 2. The van der Waals surface area contributed by atoms with E-state index in [0.29, 0.717) is 18.5 Å². The number of hydrogen-bond donors (Lipinski definition) is 8. The summed E-state index contributed by atoms with van der Waals surface area (Å²) in [5, 5.41) is 27.9. The predicted octanol–water partition coefficient (Wildman–Crippen LogP) is -0.198. The number of H-pyrrole nitrogens is 1. The molecule has 0 unspecified atom stereocenters. The average molecular weight is 618 g/mol. The maximum absolute atomic E-state index is 12.9. The van der Waals surface area contributed by atoms with Crippen LogP contribution in [-0.4, -0.2) is 87.1 Å². The maximum atomic E-state index is 12.9. The highest BCUT2D eigenvalue weighted by molar-refractivity contribution is 5.86. The first kappa shape index (κ1) is 35.2. The molecule has 1 heterocycles. The SMILES string of the molecule is N[C@@H](CCNC(=O)[C@H](Cc1cnc[nH]1)NC(=O)OCc1ccccc1)C(=O)NCCCCC(=O)N[C@@H](CCC(=O)O)C(=O)O.